The van der Waals surface area contributed by atoms with Gasteiger partial charge in [0.2, 0.25) is 10.0 Å². The zero-order valence-electron chi connectivity index (χ0n) is 11.5. The first kappa shape index (κ1) is 17.4. The van der Waals surface area contributed by atoms with Gasteiger partial charge in [0.1, 0.15) is 5.82 Å². The van der Waals surface area contributed by atoms with Crippen LogP contribution in [0.3, 0.4) is 0 Å². The molecule has 20 heavy (non-hydrogen) atoms. The molecule has 0 bridgehead atoms. The molecule has 1 fully saturated rings. The highest BCUT2D eigenvalue weighted by Crippen LogP contribution is 2.18. The molecule has 1 heterocycles. The zero-order valence-corrected chi connectivity index (χ0v) is 13.2. The maximum Gasteiger partial charge on any atom is 0.218 e. The molecular weight excluding hydrogens is 303 g/mol. The summed E-state index contributed by atoms with van der Waals surface area (Å²) in [5, 5.41) is 3.25. The Morgan fingerprint density at radius 2 is 1.90 bits per heavy atom. The molecule has 7 heteroatoms. The molecule has 2 unspecified atom stereocenters. The predicted octanol–water partition coefficient (Wildman–Crippen LogP) is 1.76. The van der Waals surface area contributed by atoms with Gasteiger partial charge in [0.15, 0.2) is 0 Å². The van der Waals surface area contributed by atoms with E-state index in [1.807, 2.05) is 13.8 Å². The van der Waals surface area contributed by atoms with Crippen molar-refractivity contribution in [3.05, 3.63) is 35.6 Å². The normalized spacial score (nSPS) is 24.1. The third-order valence-electron chi connectivity index (χ3n) is 3.60. The number of nitrogens with one attached hydrogen (secondary N) is 1. The number of halogens is 2. The van der Waals surface area contributed by atoms with Crippen LogP contribution in [0, 0.1) is 5.82 Å². The Bertz CT molecular complexity index is 536. The van der Waals surface area contributed by atoms with Crippen LogP contribution >= 0.6 is 12.4 Å². The van der Waals surface area contributed by atoms with Gasteiger partial charge in [-0.05, 0) is 31.5 Å². The first-order chi connectivity index (χ1) is 8.90. The van der Waals surface area contributed by atoms with Crippen LogP contribution in [0.25, 0.3) is 0 Å². The lowest BCUT2D eigenvalue weighted by atomic mass is 10.1. The van der Waals surface area contributed by atoms with Crippen LogP contribution in [0.1, 0.15) is 19.4 Å². The molecule has 0 saturated carbocycles. The van der Waals surface area contributed by atoms with Crippen molar-refractivity contribution in [1.82, 2.24) is 9.62 Å². The van der Waals surface area contributed by atoms with E-state index in [0.717, 1.165) is 0 Å². The van der Waals surface area contributed by atoms with E-state index in [1.165, 1.54) is 28.6 Å². The molecule has 1 aliphatic heterocycles. The Balaban J connectivity index is 0.00000200. The van der Waals surface area contributed by atoms with Crippen molar-refractivity contribution in [3.8, 4) is 0 Å². The molecule has 0 aliphatic carbocycles. The molecule has 0 aromatic heterocycles. The number of nitrogens with zero attached hydrogens (tertiary/aromatic N) is 1. The van der Waals surface area contributed by atoms with Gasteiger partial charge in [-0.3, -0.25) is 0 Å². The van der Waals surface area contributed by atoms with Gasteiger partial charge in [-0.15, -0.1) is 12.4 Å². The zero-order chi connectivity index (χ0) is 14.0. The maximum absolute atomic E-state index is 12.8. The Labute approximate surface area is 125 Å². The van der Waals surface area contributed by atoms with E-state index in [1.54, 1.807) is 0 Å². The Kier molecular flexibility index (Phi) is 5.94. The second-order valence-corrected chi connectivity index (χ2v) is 6.90. The number of hydrogen-bond acceptors (Lipinski definition) is 3. The van der Waals surface area contributed by atoms with Crippen LogP contribution < -0.4 is 5.32 Å². The Morgan fingerprint density at radius 3 is 2.50 bits per heavy atom. The third-order valence-corrected chi connectivity index (χ3v) is 5.52. The Hall–Kier alpha value is -0.690. The molecule has 1 aromatic carbocycles. The lowest BCUT2D eigenvalue weighted by Gasteiger charge is -2.37. The van der Waals surface area contributed by atoms with Crippen molar-refractivity contribution >= 4 is 22.4 Å². The van der Waals surface area contributed by atoms with Gasteiger partial charge in [-0.1, -0.05) is 12.1 Å². The summed E-state index contributed by atoms with van der Waals surface area (Å²) < 4.78 is 39.2. The fourth-order valence-corrected chi connectivity index (χ4v) is 4.13. The largest absolute Gasteiger partial charge is 0.311 e. The van der Waals surface area contributed by atoms with Crippen molar-refractivity contribution in [2.45, 2.75) is 31.7 Å². The third kappa shape index (κ3) is 3.91. The second kappa shape index (κ2) is 6.85. The van der Waals surface area contributed by atoms with Crippen LogP contribution in [0.2, 0.25) is 0 Å². The van der Waals surface area contributed by atoms with Crippen LogP contribution in [-0.2, 0) is 15.8 Å². The highest BCUT2D eigenvalue weighted by Gasteiger charge is 2.33. The van der Waals surface area contributed by atoms with Crippen LogP contribution in [0.4, 0.5) is 4.39 Å². The highest BCUT2D eigenvalue weighted by atomic mass is 35.5. The lowest BCUT2D eigenvalue weighted by molar-refractivity contribution is 0.232. The first-order valence-electron chi connectivity index (χ1n) is 6.37. The van der Waals surface area contributed by atoms with Crippen molar-refractivity contribution in [2.24, 2.45) is 0 Å². The van der Waals surface area contributed by atoms with E-state index in [2.05, 4.69) is 5.32 Å². The molecule has 4 nitrogen and oxygen atoms in total. The first-order valence-corrected chi connectivity index (χ1v) is 7.98. The van der Waals surface area contributed by atoms with E-state index in [-0.39, 0.29) is 36.1 Å². The fourth-order valence-electron chi connectivity index (χ4n) is 2.29. The average molecular weight is 323 g/mol. The molecule has 1 aliphatic rings. The number of sulfonamides is 1. The van der Waals surface area contributed by atoms with Gasteiger partial charge in [0, 0.05) is 25.2 Å². The number of piperazine rings is 1. The van der Waals surface area contributed by atoms with Crippen molar-refractivity contribution in [3.63, 3.8) is 0 Å². The molecule has 0 radical (unpaired) electrons. The van der Waals surface area contributed by atoms with Crippen molar-refractivity contribution in [1.29, 1.82) is 0 Å². The minimum atomic E-state index is -3.36. The van der Waals surface area contributed by atoms with Gasteiger partial charge in [-0.2, -0.15) is 4.31 Å². The predicted molar refractivity (Wildman–Crippen MR) is 79.9 cm³/mol. The standard InChI is InChI=1S/C13H19FN2O2S.ClH/c1-10-11(2)16(8-7-15-10)19(17,18)9-12-3-5-13(14)6-4-12;/h3-6,10-11,15H,7-9H2,1-2H3;1H. The number of benzene rings is 1. The fraction of sp³-hybridized carbons (Fsp3) is 0.538. The average Bonchev–Trinajstić information content (AvgIpc) is 2.35. The smallest absolute Gasteiger partial charge is 0.218 e. The monoisotopic (exact) mass is 322 g/mol. The summed E-state index contributed by atoms with van der Waals surface area (Å²) in [4.78, 5) is 0. The summed E-state index contributed by atoms with van der Waals surface area (Å²) in [5.41, 5.74) is 0.611. The summed E-state index contributed by atoms with van der Waals surface area (Å²) in [5.74, 6) is -0.435. The van der Waals surface area contributed by atoms with Crippen LogP contribution in [0.5, 0.6) is 0 Å². The van der Waals surface area contributed by atoms with E-state index >= 15 is 0 Å². The van der Waals surface area contributed by atoms with E-state index < -0.39 is 10.0 Å². The minimum Gasteiger partial charge on any atom is -0.311 e. The summed E-state index contributed by atoms with van der Waals surface area (Å²) in [6.45, 7) is 5.02. The molecule has 1 N–H and O–H groups in total. The lowest BCUT2D eigenvalue weighted by Crippen LogP contribution is -2.57. The molecule has 1 aromatic rings. The van der Waals surface area contributed by atoms with E-state index in [9.17, 15) is 12.8 Å². The Morgan fingerprint density at radius 1 is 1.30 bits per heavy atom. The molecule has 114 valence electrons. The molecular formula is C13H20ClFN2O2S. The van der Waals surface area contributed by atoms with Gasteiger partial charge in [-0.25, -0.2) is 12.8 Å². The van der Waals surface area contributed by atoms with Gasteiger partial charge < -0.3 is 5.32 Å². The summed E-state index contributed by atoms with van der Waals surface area (Å²) in [6, 6.07) is 5.67. The summed E-state index contributed by atoms with van der Waals surface area (Å²) in [6.07, 6.45) is 0. The SMILES string of the molecule is CC1NCCN(S(=O)(=O)Cc2ccc(F)cc2)C1C.Cl. The van der Waals surface area contributed by atoms with Gasteiger partial charge >= 0.3 is 0 Å². The molecule has 1 saturated heterocycles. The molecule has 2 rings (SSSR count). The number of rotatable bonds is 3. The quantitative estimate of drug-likeness (QED) is 0.922. The van der Waals surface area contributed by atoms with Gasteiger partial charge in [0.05, 0.1) is 5.75 Å². The van der Waals surface area contributed by atoms with Crippen LogP contribution in [0.15, 0.2) is 24.3 Å². The van der Waals surface area contributed by atoms with Gasteiger partial charge in [0.25, 0.3) is 0 Å². The van der Waals surface area contributed by atoms with Crippen molar-refractivity contribution < 1.29 is 12.8 Å². The topological polar surface area (TPSA) is 49.4 Å². The van der Waals surface area contributed by atoms with E-state index in [0.29, 0.717) is 18.7 Å². The molecule has 0 amide bonds. The second-order valence-electron chi connectivity index (χ2n) is 4.98. The van der Waals surface area contributed by atoms with E-state index in [4.69, 9.17) is 0 Å². The summed E-state index contributed by atoms with van der Waals surface area (Å²) in [7, 11) is -3.36. The van der Waals surface area contributed by atoms with Crippen molar-refractivity contribution in [2.75, 3.05) is 13.1 Å². The van der Waals surface area contributed by atoms with Crippen LogP contribution in [-0.4, -0.2) is 37.9 Å². The molecule has 0 spiro atoms. The summed E-state index contributed by atoms with van der Waals surface area (Å²) >= 11 is 0. The highest BCUT2D eigenvalue weighted by molar-refractivity contribution is 7.88. The maximum atomic E-state index is 12.8. The minimum absolute atomic E-state index is 0. The molecule has 2 atom stereocenters. The number of hydrogen-bond donors (Lipinski definition) is 1.